The van der Waals surface area contributed by atoms with Crippen molar-refractivity contribution < 1.29 is 14.3 Å². The number of aromatic nitrogens is 2. The van der Waals surface area contributed by atoms with Crippen LogP contribution in [0.4, 0.5) is 5.82 Å². The number of ether oxygens (including phenoxy) is 1. The average molecular weight is 615 g/mol. The summed E-state index contributed by atoms with van der Waals surface area (Å²) in [6.07, 6.45) is 8.27. The van der Waals surface area contributed by atoms with E-state index in [1.807, 2.05) is 76.5 Å². The largest absolute Gasteiger partial charge is 0.492 e. The molecule has 0 bridgehead atoms. The van der Waals surface area contributed by atoms with Gasteiger partial charge in [0.1, 0.15) is 17.6 Å². The number of amides is 2. The maximum absolute atomic E-state index is 14.2. The molecule has 1 saturated heterocycles. The molecule has 6 rings (SSSR count). The van der Waals surface area contributed by atoms with Crippen LogP contribution in [0.5, 0.6) is 5.75 Å². The SMILES string of the molecule is N#Cc1ccc(N2CCCC3(CCN(C(=O)c4cccnc4)CC3)COc3ccccc3C(=O)N(Cc3ccccc3)CC2)nc1. The van der Waals surface area contributed by atoms with Crippen molar-refractivity contribution in [3.05, 3.63) is 120 Å². The normalized spacial score (nSPS) is 17.1. The molecule has 0 atom stereocenters. The number of pyridine rings is 2. The standard InChI is InChI=1S/C37H38N6O3/c38-24-30-13-14-34(40-25-30)41-19-7-15-37(16-20-42(21-17-37)35(44)31-10-6-18-39-26-31)28-46-33-12-5-4-11-32(33)36(45)43(23-22-41)27-29-8-2-1-3-9-29/h1-6,8-14,18,25-26H,7,15-17,19-23,27-28H2. The lowest BCUT2D eigenvalue weighted by Crippen LogP contribution is -2.46. The Morgan fingerprint density at radius 2 is 1.67 bits per heavy atom. The molecule has 2 aromatic carbocycles. The van der Waals surface area contributed by atoms with Gasteiger partial charge in [-0.25, -0.2) is 4.98 Å². The molecule has 9 nitrogen and oxygen atoms in total. The zero-order chi connectivity index (χ0) is 31.8. The van der Waals surface area contributed by atoms with Crippen LogP contribution < -0.4 is 9.64 Å². The lowest BCUT2D eigenvalue weighted by molar-refractivity contribution is 0.0363. The van der Waals surface area contributed by atoms with Gasteiger partial charge in [0.2, 0.25) is 0 Å². The smallest absolute Gasteiger partial charge is 0.257 e. The van der Waals surface area contributed by atoms with Crippen LogP contribution in [0.3, 0.4) is 0 Å². The Labute approximate surface area is 270 Å². The molecule has 0 radical (unpaired) electrons. The maximum Gasteiger partial charge on any atom is 0.257 e. The van der Waals surface area contributed by atoms with E-state index in [1.54, 1.807) is 30.7 Å². The van der Waals surface area contributed by atoms with Gasteiger partial charge in [-0.1, -0.05) is 42.5 Å². The summed E-state index contributed by atoms with van der Waals surface area (Å²) in [5.74, 6) is 1.28. The number of carbonyl (C=O) groups is 2. The number of rotatable bonds is 4. The molecule has 0 saturated carbocycles. The van der Waals surface area contributed by atoms with E-state index in [2.05, 4.69) is 20.9 Å². The fourth-order valence-corrected chi connectivity index (χ4v) is 6.42. The van der Waals surface area contributed by atoms with Gasteiger partial charge in [-0.05, 0) is 67.6 Å². The molecule has 4 heterocycles. The minimum absolute atomic E-state index is 0.000949. The first-order valence-electron chi connectivity index (χ1n) is 15.9. The number of nitrogens with zero attached hydrogens (tertiary/aromatic N) is 6. The van der Waals surface area contributed by atoms with Crippen LogP contribution in [-0.4, -0.2) is 70.9 Å². The van der Waals surface area contributed by atoms with Gasteiger partial charge >= 0.3 is 0 Å². The van der Waals surface area contributed by atoms with E-state index in [4.69, 9.17) is 4.74 Å². The summed E-state index contributed by atoms with van der Waals surface area (Å²) < 4.78 is 6.56. The number of para-hydroxylation sites is 1. The highest BCUT2D eigenvalue weighted by Gasteiger charge is 2.37. The molecule has 2 aliphatic heterocycles. The van der Waals surface area contributed by atoms with Crippen LogP contribution in [0, 0.1) is 16.7 Å². The summed E-state index contributed by atoms with van der Waals surface area (Å²) in [5, 5.41) is 9.33. The third-order valence-corrected chi connectivity index (χ3v) is 9.15. The molecule has 4 aromatic rings. The first-order valence-corrected chi connectivity index (χ1v) is 15.9. The minimum atomic E-state index is -0.163. The quantitative estimate of drug-likeness (QED) is 0.295. The van der Waals surface area contributed by atoms with Crippen LogP contribution >= 0.6 is 0 Å². The van der Waals surface area contributed by atoms with Crippen molar-refractivity contribution in [2.45, 2.75) is 32.2 Å². The summed E-state index contributed by atoms with van der Waals surface area (Å²) in [4.78, 5) is 42.2. The lowest BCUT2D eigenvalue weighted by Gasteiger charge is -2.42. The van der Waals surface area contributed by atoms with Crippen molar-refractivity contribution in [3.8, 4) is 11.8 Å². The molecule has 234 valence electrons. The predicted molar refractivity (Wildman–Crippen MR) is 175 cm³/mol. The van der Waals surface area contributed by atoms with E-state index in [0.29, 0.717) is 61.8 Å². The third kappa shape index (κ3) is 7.18. The molecular formula is C37H38N6O3. The van der Waals surface area contributed by atoms with Crippen LogP contribution in [0.15, 0.2) is 97.5 Å². The van der Waals surface area contributed by atoms with E-state index >= 15 is 0 Å². The van der Waals surface area contributed by atoms with Crippen molar-refractivity contribution >= 4 is 17.6 Å². The molecule has 9 heteroatoms. The number of benzene rings is 2. The van der Waals surface area contributed by atoms with Crippen molar-refractivity contribution in [3.63, 3.8) is 0 Å². The van der Waals surface area contributed by atoms with E-state index in [-0.39, 0.29) is 17.2 Å². The van der Waals surface area contributed by atoms with Crippen molar-refractivity contribution in [1.82, 2.24) is 19.8 Å². The first kappa shape index (κ1) is 30.8. The Bertz CT molecular complexity index is 1670. The number of hydrogen-bond donors (Lipinski definition) is 0. The molecule has 0 aliphatic carbocycles. The summed E-state index contributed by atoms with van der Waals surface area (Å²) in [6.45, 7) is 3.99. The van der Waals surface area contributed by atoms with Gasteiger partial charge in [0, 0.05) is 63.3 Å². The number of piperidine rings is 1. The number of fused-ring (bicyclic) bond motifs is 1. The van der Waals surface area contributed by atoms with Crippen LogP contribution in [0.1, 0.15) is 57.5 Å². The predicted octanol–water partition coefficient (Wildman–Crippen LogP) is 5.59. The molecule has 2 aliphatic rings. The van der Waals surface area contributed by atoms with Gasteiger partial charge in [-0.2, -0.15) is 5.26 Å². The minimum Gasteiger partial charge on any atom is -0.492 e. The summed E-state index contributed by atoms with van der Waals surface area (Å²) in [6, 6.07) is 27.0. The van der Waals surface area contributed by atoms with Crippen LogP contribution in [0.2, 0.25) is 0 Å². The molecule has 2 amide bonds. The highest BCUT2D eigenvalue weighted by molar-refractivity contribution is 5.97. The molecule has 0 N–H and O–H groups in total. The molecule has 2 aromatic heterocycles. The molecule has 46 heavy (non-hydrogen) atoms. The molecule has 1 fully saturated rings. The maximum atomic E-state index is 14.2. The van der Waals surface area contributed by atoms with Gasteiger partial charge < -0.3 is 19.4 Å². The Hall–Kier alpha value is -5.23. The number of hydrogen-bond acceptors (Lipinski definition) is 7. The van der Waals surface area contributed by atoms with Gasteiger partial charge in [0.25, 0.3) is 11.8 Å². The molecule has 0 unspecified atom stereocenters. The van der Waals surface area contributed by atoms with Crippen molar-refractivity contribution in [1.29, 1.82) is 5.26 Å². The summed E-state index contributed by atoms with van der Waals surface area (Å²) in [5.41, 5.74) is 2.54. The van der Waals surface area contributed by atoms with Crippen molar-refractivity contribution in [2.75, 3.05) is 44.2 Å². The van der Waals surface area contributed by atoms with Gasteiger partial charge in [0.15, 0.2) is 0 Å². The topological polar surface area (TPSA) is 103 Å². The van der Waals surface area contributed by atoms with E-state index in [0.717, 1.165) is 43.6 Å². The highest BCUT2D eigenvalue weighted by atomic mass is 16.5. The third-order valence-electron chi connectivity index (χ3n) is 9.15. The fourth-order valence-electron chi connectivity index (χ4n) is 6.42. The van der Waals surface area contributed by atoms with Gasteiger partial charge in [0.05, 0.1) is 23.3 Å². The second kappa shape index (κ2) is 14.2. The monoisotopic (exact) mass is 614 g/mol. The van der Waals surface area contributed by atoms with Crippen LogP contribution in [-0.2, 0) is 6.54 Å². The fraction of sp³-hybridized carbons (Fsp3) is 0.324. The van der Waals surface area contributed by atoms with Crippen molar-refractivity contribution in [2.24, 2.45) is 5.41 Å². The zero-order valence-corrected chi connectivity index (χ0v) is 25.9. The number of nitriles is 1. The summed E-state index contributed by atoms with van der Waals surface area (Å²) >= 11 is 0. The Balaban J connectivity index is 1.28. The Morgan fingerprint density at radius 3 is 2.41 bits per heavy atom. The highest BCUT2D eigenvalue weighted by Crippen LogP contribution is 2.38. The lowest BCUT2D eigenvalue weighted by atomic mass is 9.75. The number of anilines is 1. The van der Waals surface area contributed by atoms with Gasteiger partial charge in [-0.3, -0.25) is 14.6 Å². The summed E-state index contributed by atoms with van der Waals surface area (Å²) in [7, 11) is 0. The second-order valence-electron chi connectivity index (χ2n) is 12.1. The number of likely N-dealkylation sites (tertiary alicyclic amines) is 1. The van der Waals surface area contributed by atoms with Crippen LogP contribution in [0.25, 0.3) is 0 Å². The van der Waals surface area contributed by atoms with E-state index in [1.165, 1.54) is 0 Å². The Kier molecular flexibility index (Phi) is 9.54. The van der Waals surface area contributed by atoms with Gasteiger partial charge in [-0.15, -0.1) is 0 Å². The average Bonchev–Trinajstić information content (AvgIpc) is 3.13. The molecule has 1 spiro atoms. The number of carbonyl (C=O) groups excluding carboxylic acids is 2. The Morgan fingerprint density at radius 1 is 0.870 bits per heavy atom. The van der Waals surface area contributed by atoms with E-state index < -0.39 is 0 Å². The van der Waals surface area contributed by atoms with E-state index in [9.17, 15) is 14.9 Å². The zero-order valence-electron chi connectivity index (χ0n) is 25.9. The second-order valence-corrected chi connectivity index (χ2v) is 12.1. The first-order chi connectivity index (χ1) is 22.5. The molecular weight excluding hydrogens is 576 g/mol.